The molecule has 4 heteroatoms. The Morgan fingerprint density at radius 1 is 1.16 bits per heavy atom. The maximum atomic E-state index is 12.8. The highest BCUT2D eigenvalue weighted by Gasteiger charge is 2.28. The van der Waals surface area contributed by atoms with Gasteiger partial charge in [0.25, 0.3) is 0 Å². The fraction of sp³-hybridized carbons (Fsp3) is 0.333. The van der Waals surface area contributed by atoms with Gasteiger partial charge in [-0.2, -0.15) is 0 Å². The van der Waals surface area contributed by atoms with Crippen LogP contribution < -0.4 is 9.47 Å². The van der Waals surface area contributed by atoms with Gasteiger partial charge < -0.3 is 9.47 Å². The molecule has 25 heavy (non-hydrogen) atoms. The molecule has 1 heterocycles. The van der Waals surface area contributed by atoms with Crippen molar-refractivity contribution in [2.24, 2.45) is 0 Å². The number of ketones is 1. The second-order valence-electron chi connectivity index (χ2n) is 6.61. The van der Waals surface area contributed by atoms with Crippen LogP contribution in [-0.2, 0) is 6.42 Å². The number of carbonyl (C=O) groups excluding carboxylic acids is 1. The van der Waals surface area contributed by atoms with Crippen LogP contribution >= 0.6 is 0 Å². The lowest BCUT2D eigenvalue weighted by Crippen LogP contribution is -2.12. The molecular formula is C21H21NO3. The SMILES string of the molecule is COc1cc2c(cc1OC1CCCC1)C(=O)/C(=C/c1ccccn1)C2. The number of rotatable bonds is 4. The smallest absolute Gasteiger partial charge is 0.189 e. The van der Waals surface area contributed by atoms with Gasteiger partial charge in [0.1, 0.15) is 0 Å². The van der Waals surface area contributed by atoms with Gasteiger partial charge in [0.15, 0.2) is 17.3 Å². The van der Waals surface area contributed by atoms with Gasteiger partial charge in [0.05, 0.1) is 18.9 Å². The van der Waals surface area contributed by atoms with E-state index in [9.17, 15) is 4.79 Å². The molecule has 1 aromatic carbocycles. The summed E-state index contributed by atoms with van der Waals surface area (Å²) in [7, 11) is 1.64. The van der Waals surface area contributed by atoms with E-state index in [1.165, 1.54) is 12.8 Å². The number of allylic oxidation sites excluding steroid dienone is 1. The second-order valence-corrected chi connectivity index (χ2v) is 6.61. The van der Waals surface area contributed by atoms with E-state index in [1.807, 2.05) is 36.4 Å². The van der Waals surface area contributed by atoms with Crippen LogP contribution in [-0.4, -0.2) is 24.0 Å². The molecule has 0 bridgehead atoms. The molecule has 1 fully saturated rings. The Morgan fingerprint density at radius 2 is 2.00 bits per heavy atom. The summed E-state index contributed by atoms with van der Waals surface area (Å²) in [4.78, 5) is 17.1. The summed E-state index contributed by atoms with van der Waals surface area (Å²) in [5.74, 6) is 1.44. The van der Waals surface area contributed by atoms with Crippen LogP contribution in [0.5, 0.6) is 11.5 Å². The average molecular weight is 335 g/mol. The Hall–Kier alpha value is -2.62. The minimum atomic E-state index is 0.0552. The summed E-state index contributed by atoms with van der Waals surface area (Å²) in [5, 5.41) is 0. The highest BCUT2D eigenvalue weighted by molar-refractivity contribution is 6.15. The van der Waals surface area contributed by atoms with E-state index in [0.717, 1.165) is 35.2 Å². The molecule has 2 aromatic rings. The summed E-state index contributed by atoms with van der Waals surface area (Å²) < 4.78 is 11.6. The van der Waals surface area contributed by atoms with Crippen LogP contribution in [0.2, 0.25) is 0 Å². The topological polar surface area (TPSA) is 48.4 Å². The van der Waals surface area contributed by atoms with Crippen LogP contribution in [0.4, 0.5) is 0 Å². The third-order valence-corrected chi connectivity index (χ3v) is 4.91. The van der Waals surface area contributed by atoms with Crippen molar-refractivity contribution in [3.05, 3.63) is 58.9 Å². The average Bonchev–Trinajstić information content (AvgIpc) is 3.24. The van der Waals surface area contributed by atoms with E-state index in [1.54, 1.807) is 13.3 Å². The standard InChI is InChI=1S/C21H21NO3/c1-24-19-12-14-10-15(11-16-6-4-5-9-22-16)21(23)18(14)13-20(19)25-17-7-2-3-8-17/h4-6,9,11-13,17H,2-3,7-8,10H2,1H3/b15-11+. The fourth-order valence-corrected chi connectivity index (χ4v) is 3.61. The van der Waals surface area contributed by atoms with E-state index in [4.69, 9.17) is 9.47 Å². The summed E-state index contributed by atoms with van der Waals surface area (Å²) >= 11 is 0. The van der Waals surface area contributed by atoms with Crippen LogP contribution in [0.25, 0.3) is 6.08 Å². The molecule has 0 N–H and O–H groups in total. The molecule has 128 valence electrons. The third-order valence-electron chi connectivity index (χ3n) is 4.91. The first-order valence-electron chi connectivity index (χ1n) is 8.78. The molecule has 0 amide bonds. The van der Waals surface area contributed by atoms with E-state index in [0.29, 0.717) is 17.9 Å². The molecule has 0 aliphatic heterocycles. The van der Waals surface area contributed by atoms with Crippen molar-refractivity contribution in [1.29, 1.82) is 0 Å². The molecule has 4 rings (SSSR count). The molecule has 1 saturated carbocycles. The number of carbonyl (C=O) groups is 1. The van der Waals surface area contributed by atoms with Gasteiger partial charge >= 0.3 is 0 Å². The lowest BCUT2D eigenvalue weighted by atomic mass is 10.1. The molecule has 4 nitrogen and oxygen atoms in total. The van der Waals surface area contributed by atoms with Crippen LogP contribution in [0.1, 0.15) is 47.3 Å². The van der Waals surface area contributed by atoms with Gasteiger partial charge in [-0.1, -0.05) is 6.07 Å². The third kappa shape index (κ3) is 3.16. The number of hydrogen-bond acceptors (Lipinski definition) is 4. The fourth-order valence-electron chi connectivity index (χ4n) is 3.61. The summed E-state index contributed by atoms with van der Waals surface area (Å²) in [6.45, 7) is 0. The van der Waals surface area contributed by atoms with Gasteiger partial charge in [0, 0.05) is 23.8 Å². The van der Waals surface area contributed by atoms with Gasteiger partial charge in [-0.3, -0.25) is 9.78 Å². The number of hydrogen-bond donors (Lipinski definition) is 0. The Bertz CT molecular complexity index is 821. The van der Waals surface area contributed by atoms with E-state index < -0.39 is 0 Å². The number of pyridine rings is 1. The first-order valence-corrected chi connectivity index (χ1v) is 8.78. The van der Waals surface area contributed by atoms with Crippen molar-refractivity contribution in [2.45, 2.75) is 38.2 Å². The Labute approximate surface area is 147 Å². The van der Waals surface area contributed by atoms with E-state index in [2.05, 4.69) is 4.98 Å². The Morgan fingerprint density at radius 3 is 2.72 bits per heavy atom. The predicted octanol–water partition coefficient (Wildman–Crippen LogP) is 4.23. The molecule has 1 aromatic heterocycles. The van der Waals surface area contributed by atoms with Gasteiger partial charge in [-0.25, -0.2) is 0 Å². The predicted molar refractivity (Wildman–Crippen MR) is 96.1 cm³/mol. The highest BCUT2D eigenvalue weighted by atomic mass is 16.5. The number of ether oxygens (including phenoxy) is 2. The zero-order chi connectivity index (χ0) is 17.2. The number of nitrogens with zero attached hydrogens (tertiary/aromatic N) is 1. The van der Waals surface area contributed by atoms with Crippen molar-refractivity contribution in [1.82, 2.24) is 4.98 Å². The van der Waals surface area contributed by atoms with Crippen molar-refractivity contribution in [2.75, 3.05) is 7.11 Å². The molecular weight excluding hydrogens is 314 g/mol. The van der Waals surface area contributed by atoms with Crippen molar-refractivity contribution in [3.8, 4) is 11.5 Å². The zero-order valence-electron chi connectivity index (χ0n) is 14.3. The normalized spacial score (nSPS) is 18.6. The first kappa shape index (κ1) is 15.9. The van der Waals surface area contributed by atoms with Crippen molar-refractivity contribution < 1.29 is 14.3 Å². The molecule has 0 saturated heterocycles. The molecule has 0 unspecified atom stereocenters. The molecule has 0 radical (unpaired) electrons. The van der Waals surface area contributed by atoms with Gasteiger partial charge in [-0.15, -0.1) is 0 Å². The minimum Gasteiger partial charge on any atom is -0.493 e. The van der Waals surface area contributed by atoms with Crippen molar-refractivity contribution in [3.63, 3.8) is 0 Å². The highest BCUT2D eigenvalue weighted by Crippen LogP contribution is 2.38. The number of fused-ring (bicyclic) bond motifs is 1. The molecule has 2 aliphatic carbocycles. The van der Waals surface area contributed by atoms with E-state index in [-0.39, 0.29) is 11.9 Å². The second kappa shape index (κ2) is 6.71. The Kier molecular flexibility index (Phi) is 4.26. The lowest BCUT2D eigenvalue weighted by molar-refractivity contribution is 0.103. The van der Waals surface area contributed by atoms with Crippen LogP contribution in [0, 0.1) is 0 Å². The largest absolute Gasteiger partial charge is 0.493 e. The zero-order valence-corrected chi connectivity index (χ0v) is 14.3. The summed E-state index contributed by atoms with van der Waals surface area (Å²) in [6, 6.07) is 9.48. The van der Waals surface area contributed by atoms with E-state index >= 15 is 0 Å². The summed E-state index contributed by atoms with van der Waals surface area (Å²) in [5.41, 5.74) is 3.26. The molecule has 0 atom stereocenters. The monoisotopic (exact) mass is 335 g/mol. The number of benzene rings is 1. The number of methoxy groups -OCH3 is 1. The first-order chi connectivity index (χ1) is 12.2. The number of aromatic nitrogens is 1. The van der Waals surface area contributed by atoms with Crippen molar-refractivity contribution >= 4 is 11.9 Å². The quantitative estimate of drug-likeness (QED) is 0.784. The van der Waals surface area contributed by atoms with Crippen LogP contribution in [0.3, 0.4) is 0 Å². The molecule has 2 aliphatic rings. The number of Topliss-reactive ketones (excluding diaryl/α,β-unsaturated/α-hetero) is 1. The summed E-state index contributed by atoms with van der Waals surface area (Å²) in [6.07, 6.45) is 8.97. The van der Waals surface area contributed by atoms with Crippen LogP contribution in [0.15, 0.2) is 42.1 Å². The maximum Gasteiger partial charge on any atom is 0.189 e. The minimum absolute atomic E-state index is 0.0552. The maximum absolute atomic E-state index is 12.8. The van der Waals surface area contributed by atoms with Gasteiger partial charge in [-0.05, 0) is 61.6 Å². The lowest BCUT2D eigenvalue weighted by Gasteiger charge is -2.16. The Balaban J connectivity index is 1.65. The van der Waals surface area contributed by atoms with Gasteiger partial charge in [0.2, 0.25) is 0 Å². The molecule has 0 spiro atoms.